The van der Waals surface area contributed by atoms with E-state index in [0.717, 1.165) is 24.4 Å². The average Bonchev–Trinajstić information content (AvgIpc) is 2.36. The number of likely N-dealkylation sites (N-methyl/N-ethyl adjacent to an activating group) is 1. The molecule has 4 nitrogen and oxygen atoms in total. The molecule has 0 atom stereocenters. The quantitative estimate of drug-likeness (QED) is 0.772. The molecule has 0 aliphatic rings. The van der Waals surface area contributed by atoms with E-state index in [1.54, 1.807) is 7.05 Å². The van der Waals surface area contributed by atoms with Crippen LogP contribution in [0.25, 0.3) is 0 Å². The van der Waals surface area contributed by atoms with Gasteiger partial charge in [-0.2, -0.15) is 0 Å². The van der Waals surface area contributed by atoms with E-state index in [0.29, 0.717) is 5.92 Å². The zero-order valence-corrected chi connectivity index (χ0v) is 11.3. The highest BCUT2D eigenvalue weighted by atomic mass is 16.5. The summed E-state index contributed by atoms with van der Waals surface area (Å²) in [6, 6.07) is 7.79. The molecule has 0 saturated heterocycles. The molecule has 0 fully saturated rings. The van der Waals surface area contributed by atoms with Gasteiger partial charge < -0.3 is 15.4 Å². The van der Waals surface area contributed by atoms with Gasteiger partial charge in [0.15, 0.2) is 6.61 Å². The minimum atomic E-state index is -0.127. The largest absolute Gasteiger partial charge is 0.484 e. The van der Waals surface area contributed by atoms with E-state index < -0.39 is 0 Å². The molecule has 0 spiro atoms. The van der Waals surface area contributed by atoms with Crippen LogP contribution >= 0.6 is 0 Å². The predicted octanol–water partition coefficient (Wildman–Crippen LogP) is 1.56. The van der Waals surface area contributed by atoms with Gasteiger partial charge in [0.1, 0.15) is 5.75 Å². The Bertz CT molecular complexity index is 378. The lowest BCUT2D eigenvalue weighted by atomic mass is 10.2. The fraction of sp³-hybridized carbons (Fsp3) is 0.500. The van der Waals surface area contributed by atoms with E-state index in [9.17, 15) is 4.79 Å². The number of nitrogens with one attached hydrogen (secondary N) is 2. The number of amides is 1. The number of ether oxygens (including phenoxy) is 1. The molecule has 0 saturated carbocycles. The van der Waals surface area contributed by atoms with Crippen LogP contribution < -0.4 is 15.4 Å². The van der Waals surface area contributed by atoms with Gasteiger partial charge in [-0.3, -0.25) is 4.79 Å². The van der Waals surface area contributed by atoms with Gasteiger partial charge in [-0.25, -0.2) is 0 Å². The normalized spacial score (nSPS) is 10.4. The Hall–Kier alpha value is -1.55. The van der Waals surface area contributed by atoms with Gasteiger partial charge >= 0.3 is 0 Å². The standard InChI is InChI=1S/C14H22N2O2/c1-11(2)8-16-9-12-5-4-6-13(7-12)18-10-14(17)15-3/h4-7,11,16H,8-10H2,1-3H3,(H,15,17). The molecule has 100 valence electrons. The summed E-state index contributed by atoms with van der Waals surface area (Å²) in [5.74, 6) is 1.23. The highest BCUT2D eigenvalue weighted by molar-refractivity contribution is 5.77. The molecular formula is C14H22N2O2. The molecule has 4 heteroatoms. The van der Waals surface area contributed by atoms with Gasteiger partial charge in [-0.15, -0.1) is 0 Å². The molecule has 0 aliphatic heterocycles. The monoisotopic (exact) mass is 250 g/mol. The van der Waals surface area contributed by atoms with E-state index in [1.165, 1.54) is 0 Å². The Morgan fingerprint density at radius 3 is 2.83 bits per heavy atom. The van der Waals surface area contributed by atoms with Crippen molar-refractivity contribution in [1.82, 2.24) is 10.6 Å². The fourth-order valence-corrected chi connectivity index (χ4v) is 1.47. The van der Waals surface area contributed by atoms with Crippen LogP contribution in [0, 0.1) is 5.92 Å². The van der Waals surface area contributed by atoms with E-state index in [-0.39, 0.29) is 12.5 Å². The van der Waals surface area contributed by atoms with Crippen molar-refractivity contribution in [3.63, 3.8) is 0 Å². The Kier molecular flexibility index (Phi) is 6.22. The van der Waals surface area contributed by atoms with Crippen LogP contribution in [0.4, 0.5) is 0 Å². The topological polar surface area (TPSA) is 50.4 Å². The first-order valence-electron chi connectivity index (χ1n) is 6.25. The molecule has 18 heavy (non-hydrogen) atoms. The molecule has 2 N–H and O–H groups in total. The number of hydrogen-bond acceptors (Lipinski definition) is 3. The highest BCUT2D eigenvalue weighted by Gasteiger charge is 2.01. The van der Waals surface area contributed by atoms with Crippen molar-refractivity contribution < 1.29 is 9.53 Å². The second-order valence-electron chi connectivity index (χ2n) is 4.63. The van der Waals surface area contributed by atoms with Crippen LogP contribution in [0.2, 0.25) is 0 Å². The molecule has 1 rings (SSSR count). The van der Waals surface area contributed by atoms with Crippen LogP contribution in [0.5, 0.6) is 5.75 Å². The summed E-state index contributed by atoms with van der Waals surface area (Å²) < 4.78 is 5.39. The lowest BCUT2D eigenvalue weighted by molar-refractivity contribution is -0.122. The third-order valence-electron chi connectivity index (χ3n) is 2.43. The SMILES string of the molecule is CNC(=O)COc1cccc(CNCC(C)C)c1. The van der Waals surface area contributed by atoms with Crippen molar-refractivity contribution in [3.8, 4) is 5.75 Å². The lowest BCUT2D eigenvalue weighted by Gasteiger charge is -2.09. The Labute approximate surface area is 109 Å². The van der Waals surface area contributed by atoms with Gasteiger partial charge in [-0.05, 0) is 30.2 Å². The van der Waals surface area contributed by atoms with Crippen molar-refractivity contribution in [2.75, 3.05) is 20.2 Å². The second kappa shape index (κ2) is 7.71. The van der Waals surface area contributed by atoms with Crippen LogP contribution in [-0.2, 0) is 11.3 Å². The third-order valence-corrected chi connectivity index (χ3v) is 2.43. The van der Waals surface area contributed by atoms with Gasteiger partial charge in [0.25, 0.3) is 5.91 Å². The Morgan fingerprint density at radius 1 is 1.39 bits per heavy atom. The number of rotatable bonds is 7. The molecule has 0 radical (unpaired) electrons. The van der Waals surface area contributed by atoms with Gasteiger partial charge in [0, 0.05) is 13.6 Å². The maximum Gasteiger partial charge on any atom is 0.257 e. The first kappa shape index (κ1) is 14.5. The van der Waals surface area contributed by atoms with E-state index >= 15 is 0 Å². The number of carbonyl (C=O) groups is 1. The number of hydrogen-bond donors (Lipinski definition) is 2. The van der Waals surface area contributed by atoms with Crippen LogP contribution in [0.1, 0.15) is 19.4 Å². The third kappa shape index (κ3) is 5.68. The smallest absolute Gasteiger partial charge is 0.257 e. The molecule has 0 aromatic heterocycles. The van der Waals surface area contributed by atoms with Crippen molar-refractivity contribution in [3.05, 3.63) is 29.8 Å². The minimum Gasteiger partial charge on any atom is -0.484 e. The first-order valence-corrected chi connectivity index (χ1v) is 6.25. The molecule has 1 amide bonds. The Balaban J connectivity index is 2.43. The maximum absolute atomic E-state index is 11.1. The molecule has 0 unspecified atom stereocenters. The lowest BCUT2D eigenvalue weighted by Crippen LogP contribution is -2.24. The predicted molar refractivity (Wildman–Crippen MR) is 72.5 cm³/mol. The van der Waals surface area contributed by atoms with E-state index in [1.807, 2.05) is 24.3 Å². The van der Waals surface area contributed by atoms with Crippen molar-refractivity contribution >= 4 is 5.91 Å². The molecule has 0 bridgehead atoms. The van der Waals surface area contributed by atoms with Gasteiger partial charge in [0.2, 0.25) is 0 Å². The van der Waals surface area contributed by atoms with Gasteiger partial charge in [0.05, 0.1) is 0 Å². The zero-order chi connectivity index (χ0) is 13.4. The second-order valence-corrected chi connectivity index (χ2v) is 4.63. The molecular weight excluding hydrogens is 228 g/mol. The average molecular weight is 250 g/mol. The summed E-state index contributed by atoms with van der Waals surface area (Å²) in [7, 11) is 1.60. The summed E-state index contributed by atoms with van der Waals surface area (Å²) in [6.07, 6.45) is 0. The van der Waals surface area contributed by atoms with Crippen LogP contribution in [0.15, 0.2) is 24.3 Å². The van der Waals surface area contributed by atoms with Gasteiger partial charge in [-0.1, -0.05) is 26.0 Å². The summed E-state index contributed by atoms with van der Waals surface area (Å²) in [5, 5.41) is 5.89. The van der Waals surface area contributed by atoms with Crippen LogP contribution in [-0.4, -0.2) is 26.1 Å². The molecule has 0 heterocycles. The summed E-state index contributed by atoms with van der Waals surface area (Å²) in [4.78, 5) is 11.1. The van der Waals surface area contributed by atoms with E-state index in [4.69, 9.17) is 4.74 Å². The zero-order valence-electron chi connectivity index (χ0n) is 11.3. The minimum absolute atomic E-state index is 0.0549. The Morgan fingerprint density at radius 2 is 2.17 bits per heavy atom. The maximum atomic E-state index is 11.1. The molecule has 0 aliphatic carbocycles. The summed E-state index contributed by atoms with van der Waals surface area (Å²) in [6.45, 7) is 6.21. The summed E-state index contributed by atoms with van der Waals surface area (Å²) in [5.41, 5.74) is 1.16. The molecule has 1 aromatic rings. The molecule has 1 aromatic carbocycles. The van der Waals surface area contributed by atoms with E-state index in [2.05, 4.69) is 24.5 Å². The van der Waals surface area contributed by atoms with Crippen LogP contribution in [0.3, 0.4) is 0 Å². The van der Waals surface area contributed by atoms with Crippen molar-refractivity contribution in [2.24, 2.45) is 5.92 Å². The number of carbonyl (C=O) groups excluding carboxylic acids is 1. The fourth-order valence-electron chi connectivity index (χ4n) is 1.47. The summed E-state index contributed by atoms with van der Waals surface area (Å²) >= 11 is 0. The van der Waals surface area contributed by atoms with Crippen molar-refractivity contribution in [2.45, 2.75) is 20.4 Å². The first-order chi connectivity index (χ1) is 8.61. The van der Waals surface area contributed by atoms with Crippen molar-refractivity contribution in [1.29, 1.82) is 0 Å². The number of benzene rings is 1. The highest BCUT2D eigenvalue weighted by Crippen LogP contribution is 2.13.